The van der Waals surface area contributed by atoms with Crippen LogP contribution in [0, 0.1) is 0 Å². The van der Waals surface area contributed by atoms with Gasteiger partial charge in [0.05, 0.1) is 0 Å². The standard InChI is InChI=1S/C9H16N2O2/c1-3-4-5-6-7-8(2)10-11-9(12)13/h3-4,11H,5-7H2,1-2H3,(H,12,13). The van der Waals surface area contributed by atoms with Crippen LogP contribution in [0.3, 0.4) is 0 Å². The van der Waals surface area contributed by atoms with E-state index in [0.717, 1.165) is 25.0 Å². The minimum Gasteiger partial charge on any atom is -0.464 e. The van der Waals surface area contributed by atoms with Gasteiger partial charge in [0.15, 0.2) is 0 Å². The van der Waals surface area contributed by atoms with Crippen LogP contribution in [0.25, 0.3) is 0 Å². The first-order valence-electron chi connectivity index (χ1n) is 4.30. The molecule has 0 fully saturated rings. The van der Waals surface area contributed by atoms with Crippen LogP contribution >= 0.6 is 0 Å². The molecule has 0 aliphatic carbocycles. The Kier molecular flexibility index (Phi) is 6.59. The molecular weight excluding hydrogens is 168 g/mol. The molecule has 13 heavy (non-hydrogen) atoms. The van der Waals surface area contributed by atoms with Crippen molar-refractivity contribution < 1.29 is 9.90 Å². The van der Waals surface area contributed by atoms with Crippen LogP contribution in [-0.2, 0) is 0 Å². The zero-order valence-electron chi connectivity index (χ0n) is 8.08. The summed E-state index contributed by atoms with van der Waals surface area (Å²) in [5.74, 6) is 0. The SMILES string of the molecule is CC=CCCCC(C)=NNC(=O)O. The summed E-state index contributed by atoms with van der Waals surface area (Å²) in [5, 5.41) is 11.9. The Morgan fingerprint density at radius 2 is 2.31 bits per heavy atom. The molecule has 0 unspecified atom stereocenters. The minimum atomic E-state index is -1.12. The van der Waals surface area contributed by atoms with Crippen LogP contribution in [0.15, 0.2) is 17.3 Å². The van der Waals surface area contributed by atoms with Gasteiger partial charge in [0, 0.05) is 5.71 Å². The summed E-state index contributed by atoms with van der Waals surface area (Å²) in [7, 11) is 0. The molecule has 0 rings (SSSR count). The molecule has 0 radical (unpaired) electrons. The first-order valence-corrected chi connectivity index (χ1v) is 4.30. The van der Waals surface area contributed by atoms with Crippen molar-refractivity contribution in [1.29, 1.82) is 0 Å². The molecule has 0 saturated carbocycles. The Bertz CT molecular complexity index is 210. The largest absolute Gasteiger partial charge is 0.464 e. The van der Waals surface area contributed by atoms with Gasteiger partial charge in [-0.3, -0.25) is 0 Å². The van der Waals surface area contributed by atoms with Crippen molar-refractivity contribution in [1.82, 2.24) is 5.43 Å². The lowest BCUT2D eigenvalue weighted by Crippen LogP contribution is -2.15. The molecular formula is C9H16N2O2. The van der Waals surface area contributed by atoms with E-state index in [1.165, 1.54) is 0 Å². The van der Waals surface area contributed by atoms with Crippen LogP contribution in [-0.4, -0.2) is 16.9 Å². The summed E-state index contributed by atoms with van der Waals surface area (Å²) in [6.45, 7) is 3.79. The predicted octanol–water partition coefficient (Wildman–Crippen LogP) is 2.38. The zero-order chi connectivity index (χ0) is 10.1. The number of nitrogens with one attached hydrogen (secondary N) is 1. The van der Waals surface area contributed by atoms with Crippen molar-refractivity contribution in [3.63, 3.8) is 0 Å². The molecule has 0 spiro atoms. The molecule has 0 aromatic rings. The third-order valence-corrected chi connectivity index (χ3v) is 1.49. The second kappa shape index (κ2) is 7.34. The van der Waals surface area contributed by atoms with Crippen LogP contribution in [0.2, 0.25) is 0 Å². The highest BCUT2D eigenvalue weighted by Gasteiger charge is 1.93. The molecule has 0 aromatic heterocycles. The van der Waals surface area contributed by atoms with Crippen molar-refractivity contribution in [2.45, 2.75) is 33.1 Å². The Labute approximate surface area is 78.3 Å². The zero-order valence-corrected chi connectivity index (χ0v) is 8.08. The highest BCUT2D eigenvalue weighted by molar-refractivity contribution is 5.82. The van der Waals surface area contributed by atoms with E-state index in [4.69, 9.17) is 5.11 Å². The molecule has 0 bridgehead atoms. The molecule has 74 valence electrons. The molecule has 0 aliphatic rings. The number of carboxylic acid groups (broad SMARTS) is 1. The minimum absolute atomic E-state index is 0.812. The highest BCUT2D eigenvalue weighted by atomic mass is 16.4. The van der Waals surface area contributed by atoms with E-state index < -0.39 is 6.09 Å². The van der Waals surface area contributed by atoms with Gasteiger partial charge < -0.3 is 5.11 Å². The number of nitrogens with zero attached hydrogens (tertiary/aromatic N) is 1. The molecule has 4 heteroatoms. The van der Waals surface area contributed by atoms with Gasteiger partial charge >= 0.3 is 6.09 Å². The second-order valence-electron chi connectivity index (χ2n) is 2.73. The highest BCUT2D eigenvalue weighted by Crippen LogP contribution is 1.98. The maximum Gasteiger partial charge on any atom is 0.425 e. The lowest BCUT2D eigenvalue weighted by Gasteiger charge is -1.97. The molecule has 0 aliphatic heterocycles. The van der Waals surface area contributed by atoms with Gasteiger partial charge in [-0.25, -0.2) is 10.2 Å². The van der Waals surface area contributed by atoms with Crippen molar-refractivity contribution in [2.24, 2.45) is 5.10 Å². The average Bonchev–Trinajstić information content (AvgIpc) is 2.09. The fraction of sp³-hybridized carbons (Fsp3) is 0.556. The van der Waals surface area contributed by atoms with Crippen molar-refractivity contribution >= 4 is 11.8 Å². The van der Waals surface area contributed by atoms with Crippen LogP contribution < -0.4 is 5.43 Å². The lowest BCUT2D eigenvalue weighted by atomic mass is 10.2. The normalized spacial score (nSPS) is 12.0. The summed E-state index contributed by atoms with van der Waals surface area (Å²) < 4.78 is 0. The Hall–Kier alpha value is -1.32. The number of rotatable bonds is 5. The Morgan fingerprint density at radius 3 is 2.85 bits per heavy atom. The van der Waals surface area contributed by atoms with Crippen molar-refractivity contribution in [3.8, 4) is 0 Å². The Morgan fingerprint density at radius 1 is 1.62 bits per heavy atom. The van der Waals surface area contributed by atoms with Crippen LogP contribution in [0.5, 0.6) is 0 Å². The fourth-order valence-corrected chi connectivity index (χ4v) is 0.842. The third kappa shape index (κ3) is 8.59. The number of hydrogen-bond acceptors (Lipinski definition) is 2. The van der Waals surface area contributed by atoms with Gasteiger partial charge in [0.2, 0.25) is 0 Å². The van der Waals surface area contributed by atoms with E-state index in [1.807, 2.05) is 25.3 Å². The van der Waals surface area contributed by atoms with Gasteiger partial charge in [-0.2, -0.15) is 5.10 Å². The van der Waals surface area contributed by atoms with Gasteiger partial charge in [0.25, 0.3) is 0 Å². The van der Waals surface area contributed by atoms with Gasteiger partial charge in [-0.1, -0.05) is 12.2 Å². The average molecular weight is 184 g/mol. The molecule has 0 aromatic carbocycles. The summed E-state index contributed by atoms with van der Waals surface area (Å²) in [5.41, 5.74) is 2.78. The number of unbranched alkanes of at least 4 members (excludes halogenated alkanes) is 1. The molecule has 0 heterocycles. The monoisotopic (exact) mass is 184 g/mol. The number of amides is 1. The van der Waals surface area contributed by atoms with E-state index in [1.54, 1.807) is 0 Å². The number of allylic oxidation sites excluding steroid dienone is 2. The van der Waals surface area contributed by atoms with Crippen LogP contribution in [0.1, 0.15) is 33.1 Å². The van der Waals surface area contributed by atoms with E-state index in [0.29, 0.717) is 0 Å². The number of hydrogen-bond donors (Lipinski definition) is 2. The topological polar surface area (TPSA) is 61.7 Å². The maximum atomic E-state index is 10.1. The van der Waals surface area contributed by atoms with Crippen molar-refractivity contribution in [2.75, 3.05) is 0 Å². The quantitative estimate of drug-likeness (QED) is 0.298. The summed E-state index contributed by atoms with van der Waals surface area (Å²) >= 11 is 0. The third-order valence-electron chi connectivity index (χ3n) is 1.49. The van der Waals surface area contributed by atoms with E-state index in [-0.39, 0.29) is 0 Å². The van der Waals surface area contributed by atoms with Gasteiger partial charge in [-0.15, -0.1) is 0 Å². The van der Waals surface area contributed by atoms with E-state index in [9.17, 15) is 4.79 Å². The fourth-order valence-electron chi connectivity index (χ4n) is 0.842. The lowest BCUT2D eigenvalue weighted by molar-refractivity contribution is 0.195. The Balaban J connectivity index is 3.54. The van der Waals surface area contributed by atoms with Crippen LogP contribution in [0.4, 0.5) is 4.79 Å². The first kappa shape index (κ1) is 11.7. The number of carbonyl (C=O) groups is 1. The molecule has 0 atom stereocenters. The molecule has 1 amide bonds. The first-order chi connectivity index (χ1) is 6.16. The van der Waals surface area contributed by atoms with Crippen molar-refractivity contribution in [3.05, 3.63) is 12.2 Å². The van der Waals surface area contributed by atoms with Gasteiger partial charge in [0.1, 0.15) is 0 Å². The van der Waals surface area contributed by atoms with Gasteiger partial charge in [-0.05, 0) is 33.1 Å². The molecule has 4 nitrogen and oxygen atoms in total. The number of hydrazone groups is 1. The molecule has 2 N–H and O–H groups in total. The molecule has 0 saturated heterocycles. The smallest absolute Gasteiger partial charge is 0.425 e. The predicted molar refractivity (Wildman–Crippen MR) is 52.9 cm³/mol. The second-order valence-corrected chi connectivity index (χ2v) is 2.73. The summed E-state index contributed by atoms with van der Waals surface area (Å²) in [4.78, 5) is 10.1. The summed E-state index contributed by atoms with van der Waals surface area (Å²) in [6, 6.07) is 0. The van der Waals surface area contributed by atoms with E-state index >= 15 is 0 Å². The maximum absolute atomic E-state index is 10.1. The van der Waals surface area contributed by atoms with E-state index in [2.05, 4.69) is 11.2 Å². The summed E-state index contributed by atoms with van der Waals surface area (Å²) in [6.07, 6.45) is 5.80.